The lowest BCUT2D eigenvalue weighted by atomic mass is 10.2. The summed E-state index contributed by atoms with van der Waals surface area (Å²) in [6.07, 6.45) is 1.61. The van der Waals surface area contributed by atoms with E-state index in [0.29, 0.717) is 12.4 Å². The molecule has 0 heterocycles. The molecule has 0 spiro atoms. The molecule has 0 amide bonds. The molecule has 0 rings (SSSR count). The Balaban J connectivity index is 4.10. The van der Waals surface area contributed by atoms with E-state index in [1.165, 1.54) is 0 Å². The highest BCUT2D eigenvalue weighted by Gasteiger charge is 2.37. The van der Waals surface area contributed by atoms with Gasteiger partial charge in [-0.05, 0) is 25.1 Å². The second kappa shape index (κ2) is 5.59. The predicted octanol–water partition coefficient (Wildman–Crippen LogP) is 1.70. The number of hydrogen-bond donors (Lipinski definition) is 3. The fourth-order valence-corrected chi connectivity index (χ4v) is 1.94. The number of nitrogens with one attached hydrogen (secondary N) is 1. The average Bonchev–Trinajstić information content (AvgIpc) is 2.09. The molecule has 0 aromatic carbocycles. The molecule has 0 unspecified atom stereocenters. The Morgan fingerprint density at radius 2 is 1.88 bits per heavy atom. The largest absolute Gasteiger partial charge is 0.415 e. The highest BCUT2D eigenvalue weighted by atomic mass is 28.4. The monoisotopic (exact) mass is 245 g/mol. The Kier molecular flexibility index (Phi) is 5.35. The minimum atomic E-state index is -1.65. The number of rotatable bonds is 5. The Morgan fingerprint density at radius 1 is 1.38 bits per heavy atom. The molecular formula is C11H27N3OSi. The Labute approximate surface area is 101 Å². The second-order valence-electron chi connectivity index (χ2n) is 5.78. The van der Waals surface area contributed by atoms with Crippen molar-refractivity contribution in [1.82, 2.24) is 5.32 Å². The molecule has 96 valence electrons. The van der Waals surface area contributed by atoms with Gasteiger partial charge in [0.05, 0.1) is 6.61 Å². The molecule has 4 nitrogen and oxygen atoms in total. The lowest BCUT2D eigenvalue weighted by Gasteiger charge is -2.37. The van der Waals surface area contributed by atoms with Crippen LogP contribution in [0.25, 0.3) is 0 Å². The van der Waals surface area contributed by atoms with E-state index < -0.39 is 8.32 Å². The highest BCUT2D eigenvalue weighted by Crippen LogP contribution is 2.36. The van der Waals surface area contributed by atoms with Gasteiger partial charge in [0.1, 0.15) is 5.82 Å². The van der Waals surface area contributed by atoms with Crippen LogP contribution in [-0.2, 0) is 4.43 Å². The summed E-state index contributed by atoms with van der Waals surface area (Å²) in [7, 11) is -1.65. The molecule has 16 heavy (non-hydrogen) atoms. The van der Waals surface area contributed by atoms with E-state index in [2.05, 4.69) is 39.2 Å². The molecule has 0 aliphatic heterocycles. The van der Waals surface area contributed by atoms with Gasteiger partial charge in [0, 0.05) is 12.2 Å². The van der Waals surface area contributed by atoms with Crippen LogP contribution in [0.1, 0.15) is 27.7 Å². The smallest absolute Gasteiger partial charge is 0.192 e. The van der Waals surface area contributed by atoms with Gasteiger partial charge < -0.3 is 21.2 Å². The van der Waals surface area contributed by atoms with Gasteiger partial charge in [0.2, 0.25) is 0 Å². The zero-order valence-electron chi connectivity index (χ0n) is 11.4. The van der Waals surface area contributed by atoms with Crippen LogP contribution in [0.15, 0.2) is 12.0 Å². The molecule has 1 atom stereocenters. The summed E-state index contributed by atoms with van der Waals surface area (Å²) in [5.41, 5.74) is 10.7. The van der Waals surface area contributed by atoms with Crippen molar-refractivity contribution < 1.29 is 4.43 Å². The second-order valence-corrected chi connectivity index (χ2v) is 10.6. The maximum atomic E-state index is 6.05. The summed E-state index contributed by atoms with van der Waals surface area (Å²) >= 11 is 0. The van der Waals surface area contributed by atoms with Crippen LogP contribution in [0.4, 0.5) is 0 Å². The molecule has 0 fully saturated rings. The lowest BCUT2D eigenvalue weighted by Crippen LogP contribution is -2.44. The van der Waals surface area contributed by atoms with Gasteiger partial charge in [-0.1, -0.05) is 20.8 Å². The first-order valence-electron chi connectivity index (χ1n) is 5.67. The van der Waals surface area contributed by atoms with Crippen molar-refractivity contribution in [3.05, 3.63) is 12.0 Å². The summed E-state index contributed by atoms with van der Waals surface area (Å²) in [5, 5.41) is 3.34. The van der Waals surface area contributed by atoms with Gasteiger partial charge in [0.15, 0.2) is 8.32 Å². The fourth-order valence-electron chi connectivity index (χ4n) is 0.836. The zero-order chi connectivity index (χ0) is 13.0. The number of nitrogens with two attached hydrogens (primary N) is 2. The summed E-state index contributed by atoms with van der Waals surface area (Å²) in [4.78, 5) is 0. The van der Waals surface area contributed by atoms with Crippen molar-refractivity contribution in [2.45, 2.75) is 51.9 Å². The van der Waals surface area contributed by atoms with Gasteiger partial charge in [0.25, 0.3) is 0 Å². The molecule has 0 saturated heterocycles. The highest BCUT2D eigenvalue weighted by molar-refractivity contribution is 6.74. The van der Waals surface area contributed by atoms with E-state index in [9.17, 15) is 0 Å². The fraction of sp³-hybridized carbons (Fsp3) is 0.818. The summed E-state index contributed by atoms with van der Waals surface area (Å²) in [5.74, 6) is 0.291. The van der Waals surface area contributed by atoms with E-state index in [4.69, 9.17) is 15.9 Å². The Hall–Kier alpha value is -0.683. The van der Waals surface area contributed by atoms with Crippen LogP contribution in [0, 0.1) is 0 Å². The van der Waals surface area contributed by atoms with Crippen molar-refractivity contribution in [1.29, 1.82) is 0 Å². The van der Waals surface area contributed by atoms with Crippen LogP contribution in [0.2, 0.25) is 18.1 Å². The first kappa shape index (κ1) is 15.3. The van der Waals surface area contributed by atoms with Gasteiger partial charge >= 0.3 is 0 Å². The normalized spacial score (nSPS) is 14.4. The molecule has 0 aromatic rings. The van der Waals surface area contributed by atoms with Crippen LogP contribution in [-0.4, -0.2) is 21.0 Å². The van der Waals surface area contributed by atoms with Crippen molar-refractivity contribution in [3.63, 3.8) is 0 Å². The van der Waals surface area contributed by atoms with E-state index in [1.54, 1.807) is 6.20 Å². The van der Waals surface area contributed by atoms with E-state index in [1.807, 2.05) is 6.92 Å². The van der Waals surface area contributed by atoms with Crippen molar-refractivity contribution >= 4 is 8.32 Å². The van der Waals surface area contributed by atoms with Crippen LogP contribution < -0.4 is 16.8 Å². The minimum Gasteiger partial charge on any atom is -0.415 e. The van der Waals surface area contributed by atoms with E-state index >= 15 is 0 Å². The quantitative estimate of drug-likeness (QED) is 0.645. The van der Waals surface area contributed by atoms with Gasteiger partial charge in [-0.3, -0.25) is 0 Å². The summed E-state index contributed by atoms with van der Waals surface area (Å²) in [6.45, 7) is 13.9. The van der Waals surface area contributed by atoms with Crippen molar-refractivity contribution in [2.75, 3.05) is 6.61 Å². The molecule has 0 bridgehead atoms. The van der Waals surface area contributed by atoms with Crippen molar-refractivity contribution in [3.8, 4) is 0 Å². The predicted molar refractivity (Wildman–Crippen MR) is 72.2 cm³/mol. The third kappa shape index (κ3) is 5.41. The van der Waals surface area contributed by atoms with E-state index in [0.717, 1.165) is 0 Å². The summed E-state index contributed by atoms with van der Waals surface area (Å²) in [6, 6.07) is 0.219. The SMILES string of the molecule is C[C@H](CO[Si](C)(C)C(C)(C)C)NC=C(N)N. The molecule has 0 aromatic heterocycles. The Morgan fingerprint density at radius 3 is 2.25 bits per heavy atom. The molecule has 5 N–H and O–H groups in total. The third-order valence-corrected chi connectivity index (χ3v) is 7.54. The summed E-state index contributed by atoms with van der Waals surface area (Å²) < 4.78 is 6.05. The molecule has 0 radical (unpaired) electrons. The number of hydrogen-bond acceptors (Lipinski definition) is 4. The third-order valence-electron chi connectivity index (χ3n) is 3.03. The zero-order valence-corrected chi connectivity index (χ0v) is 12.4. The molecule has 0 saturated carbocycles. The Bertz CT molecular complexity index is 242. The van der Waals surface area contributed by atoms with Crippen LogP contribution in [0.3, 0.4) is 0 Å². The maximum absolute atomic E-state index is 6.05. The van der Waals surface area contributed by atoms with Crippen LogP contribution >= 0.6 is 0 Å². The molecule has 5 heteroatoms. The van der Waals surface area contributed by atoms with Crippen molar-refractivity contribution in [2.24, 2.45) is 11.5 Å². The van der Waals surface area contributed by atoms with Gasteiger partial charge in [-0.15, -0.1) is 0 Å². The minimum absolute atomic E-state index is 0.219. The average molecular weight is 245 g/mol. The van der Waals surface area contributed by atoms with Gasteiger partial charge in [-0.2, -0.15) is 0 Å². The van der Waals surface area contributed by atoms with Gasteiger partial charge in [-0.25, -0.2) is 0 Å². The topological polar surface area (TPSA) is 73.3 Å². The first-order valence-corrected chi connectivity index (χ1v) is 8.58. The molecule has 0 aliphatic carbocycles. The lowest BCUT2D eigenvalue weighted by molar-refractivity contribution is 0.258. The standard InChI is InChI=1S/C11H27N3OSi/c1-9(14-7-10(12)13)8-15-16(5,6)11(2,3)4/h7,9,14H,8,12-13H2,1-6H3/t9-/m1/s1. The molecular weight excluding hydrogens is 218 g/mol. The first-order chi connectivity index (χ1) is 7.06. The molecule has 0 aliphatic rings. The maximum Gasteiger partial charge on any atom is 0.192 e. The van der Waals surface area contributed by atoms with E-state index in [-0.39, 0.29) is 11.1 Å². The van der Waals surface area contributed by atoms with Crippen LogP contribution in [0.5, 0.6) is 0 Å².